The molecule has 2 rings (SSSR count). The first kappa shape index (κ1) is 15.6. The molecule has 0 aliphatic heterocycles. The van der Waals surface area contributed by atoms with Crippen molar-refractivity contribution >= 4 is 5.91 Å². The van der Waals surface area contributed by atoms with Crippen molar-refractivity contribution < 1.29 is 9.32 Å². The number of nitriles is 1. The van der Waals surface area contributed by atoms with Gasteiger partial charge in [0.25, 0.3) is 0 Å². The molecule has 5 heteroatoms. The molecule has 1 aromatic heterocycles. The molecule has 0 bridgehead atoms. The summed E-state index contributed by atoms with van der Waals surface area (Å²) in [6, 6.07) is 2.26. The Balaban J connectivity index is 1.99. The molecule has 1 saturated carbocycles. The number of rotatable bonds is 4. The van der Waals surface area contributed by atoms with Crippen molar-refractivity contribution in [3.05, 3.63) is 17.0 Å². The largest absolute Gasteiger partial charge is 0.361 e. The molecule has 0 saturated heterocycles. The Morgan fingerprint density at radius 1 is 1.43 bits per heavy atom. The molecule has 0 aromatic carbocycles. The van der Waals surface area contributed by atoms with E-state index in [0.717, 1.165) is 36.3 Å². The molecule has 0 unspecified atom stereocenters. The molecule has 1 heterocycles. The van der Waals surface area contributed by atoms with E-state index in [1.807, 2.05) is 20.8 Å². The molecule has 1 aromatic rings. The monoisotopic (exact) mass is 289 g/mol. The minimum absolute atomic E-state index is 0.122. The molecular formula is C16H23N3O2. The van der Waals surface area contributed by atoms with Gasteiger partial charge in [-0.05, 0) is 26.7 Å². The standard InChI is InChI=1S/C16H23N3O2/c1-11(14-12(2)19-21-13(14)3)9-18-15(20)16(10-17)7-5-4-6-8-16/h11H,4-9H2,1-3H3,(H,18,20)/t11-/m0/s1. The van der Waals surface area contributed by atoms with Gasteiger partial charge in [-0.25, -0.2) is 0 Å². The Morgan fingerprint density at radius 2 is 2.10 bits per heavy atom. The van der Waals surface area contributed by atoms with Crippen LogP contribution in [0.25, 0.3) is 0 Å². The highest BCUT2D eigenvalue weighted by Gasteiger charge is 2.39. The molecule has 0 spiro atoms. The number of hydrogen-bond acceptors (Lipinski definition) is 4. The van der Waals surface area contributed by atoms with Crippen molar-refractivity contribution in [1.29, 1.82) is 5.26 Å². The Labute approximate surface area is 125 Å². The number of nitrogens with one attached hydrogen (secondary N) is 1. The van der Waals surface area contributed by atoms with Gasteiger partial charge in [0.1, 0.15) is 11.2 Å². The zero-order valence-corrected chi connectivity index (χ0v) is 13.0. The average molecular weight is 289 g/mol. The highest BCUT2D eigenvalue weighted by atomic mass is 16.5. The number of hydrogen-bond donors (Lipinski definition) is 1. The maximum atomic E-state index is 12.4. The van der Waals surface area contributed by atoms with Crippen molar-refractivity contribution in [1.82, 2.24) is 10.5 Å². The molecule has 1 atom stereocenters. The Kier molecular flexibility index (Phi) is 4.66. The van der Waals surface area contributed by atoms with Crippen LogP contribution in [0.15, 0.2) is 4.52 Å². The van der Waals surface area contributed by atoms with Crippen molar-refractivity contribution in [2.75, 3.05) is 6.54 Å². The molecule has 1 N–H and O–H groups in total. The summed E-state index contributed by atoms with van der Waals surface area (Å²) >= 11 is 0. The first-order valence-corrected chi connectivity index (χ1v) is 7.62. The van der Waals surface area contributed by atoms with Gasteiger partial charge in [0.15, 0.2) is 0 Å². The fourth-order valence-corrected chi connectivity index (χ4v) is 3.26. The summed E-state index contributed by atoms with van der Waals surface area (Å²) in [5, 5.41) is 16.3. The van der Waals surface area contributed by atoms with E-state index < -0.39 is 5.41 Å². The first-order valence-electron chi connectivity index (χ1n) is 7.62. The normalized spacial score (nSPS) is 18.8. The maximum absolute atomic E-state index is 12.4. The molecule has 1 amide bonds. The minimum atomic E-state index is -0.823. The molecule has 1 aliphatic carbocycles. The van der Waals surface area contributed by atoms with Gasteiger partial charge in [-0.3, -0.25) is 4.79 Å². The van der Waals surface area contributed by atoms with Gasteiger partial charge in [-0.2, -0.15) is 5.26 Å². The highest BCUT2D eigenvalue weighted by molar-refractivity contribution is 5.85. The van der Waals surface area contributed by atoms with Gasteiger partial charge in [-0.15, -0.1) is 0 Å². The van der Waals surface area contributed by atoms with E-state index in [1.54, 1.807) is 0 Å². The van der Waals surface area contributed by atoms with Gasteiger partial charge in [0.05, 0.1) is 11.8 Å². The van der Waals surface area contributed by atoms with Crippen molar-refractivity contribution in [3.8, 4) is 6.07 Å². The lowest BCUT2D eigenvalue weighted by molar-refractivity contribution is -0.129. The molecule has 0 radical (unpaired) electrons. The number of aromatic nitrogens is 1. The zero-order chi connectivity index (χ0) is 15.5. The van der Waals surface area contributed by atoms with E-state index >= 15 is 0 Å². The summed E-state index contributed by atoms with van der Waals surface area (Å²) in [6.45, 7) is 6.32. The lowest BCUT2D eigenvalue weighted by Gasteiger charge is -2.29. The number of carbonyl (C=O) groups is 1. The topological polar surface area (TPSA) is 78.9 Å². The number of carbonyl (C=O) groups excluding carboxylic acids is 1. The summed E-state index contributed by atoms with van der Waals surface area (Å²) in [7, 11) is 0. The second kappa shape index (κ2) is 6.30. The van der Waals surface area contributed by atoms with E-state index in [1.165, 1.54) is 0 Å². The van der Waals surface area contributed by atoms with Crippen LogP contribution in [0, 0.1) is 30.6 Å². The second-order valence-corrected chi connectivity index (χ2v) is 6.10. The molecule has 5 nitrogen and oxygen atoms in total. The highest BCUT2D eigenvalue weighted by Crippen LogP contribution is 2.36. The van der Waals surface area contributed by atoms with Gasteiger partial charge in [-0.1, -0.05) is 31.3 Å². The predicted molar refractivity (Wildman–Crippen MR) is 78.5 cm³/mol. The SMILES string of the molecule is Cc1noc(C)c1[C@@H](C)CNC(=O)C1(C#N)CCCCC1. The van der Waals surface area contributed by atoms with E-state index in [4.69, 9.17) is 4.52 Å². The minimum Gasteiger partial charge on any atom is -0.361 e. The van der Waals surface area contributed by atoms with E-state index in [2.05, 4.69) is 16.5 Å². The first-order chi connectivity index (χ1) is 10.00. The Morgan fingerprint density at radius 3 is 2.62 bits per heavy atom. The summed E-state index contributed by atoms with van der Waals surface area (Å²) < 4.78 is 5.17. The quantitative estimate of drug-likeness (QED) is 0.924. The lowest BCUT2D eigenvalue weighted by atomic mass is 9.74. The van der Waals surface area contributed by atoms with E-state index in [0.29, 0.717) is 19.4 Å². The van der Waals surface area contributed by atoms with Gasteiger partial charge >= 0.3 is 0 Å². The van der Waals surface area contributed by atoms with Crippen LogP contribution in [0.3, 0.4) is 0 Å². The summed E-state index contributed by atoms with van der Waals surface area (Å²) in [4.78, 5) is 12.4. The number of nitrogens with zero attached hydrogens (tertiary/aromatic N) is 2. The van der Waals surface area contributed by atoms with Gasteiger partial charge in [0, 0.05) is 18.0 Å². The Bertz CT molecular complexity index is 531. The zero-order valence-electron chi connectivity index (χ0n) is 13.0. The van der Waals surface area contributed by atoms with Crippen LogP contribution >= 0.6 is 0 Å². The van der Waals surface area contributed by atoms with Crippen LogP contribution in [0.2, 0.25) is 0 Å². The van der Waals surface area contributed by atoms with Crippen LogP contribution < -0.4 is 5.32 Å². The van der Waals surface area contributed by atoms with Crippen LogP contribution in [0.4, 0.5) is 0 Å². The van der Waals surface area contributed by atoms with Crippen LogP contribution in [-0.2, 0) is 4.79 Å². The Hall–Kier alpha value is -1.83. The van der Waals surface area contributed by atoms with Crippen LogP contribution in [0.5, 0.6) is 0 Å². The summed E-state index contributed by atoms with van der Waals surface area (Å²) in [5.74, 6) is 0.796. The number of aryl methyl sites for hydroxylation is 2. The smallest absolute Gasteiger partial charge is 0.240 e. The molecule has 1 fully saturated rings. The van der Waals surface area contributed by atoms with Crippen molar-refractivity contribution in [2.45, 2.75) is 58.8 Å². The van der Waals surface area contributed by atoms with Crippen molar-refractivity contribution in [3.63, 3.8) is 0 Å². The number of amides is 1. The van der Waals surface area contributed by atoms with E-state index in [9.17, 15) is 10.1 Å². The fourth-order valence-electron chi connectivity index (χ4n) is 3.26. The maximum Gasteiger partial charge on any atom is 0.240 e. The summed E-state index contributed by atoms with van der Waals surface area (Å²) in [5.41, 5.74) is 1.09. The molecule has 21 heavy (non-hydrogen) atoms. The van der Waals surface area contributed by atoms with Crippen LogP contribution in [-0.4, -0.2) is 17.6 Å². The second-order valence-electron chi connectivity index (χ2n) is 6.10. The third kappa shape index (κ3) is 3.10. The lowest BCUT2D eigenvalue weighted by Crippen LogP contribution is -2.42. The fraction of sp³-hybridized carbons (Fsp3) is 0.688. The molecule has 1 aliphatic rings. The molecular weight excluding hydrogens is 266 g/mol. The average Bonchev–Trinajstić information content (AvgIpc) is 2.84. The molecule has 114 valence electrons. The van der Waals surface area contributed by atoms with Crippen molar-refractivity contribution in [2.24, 2.45) is 5.41 Å². The third-order valence-electron chi connectivity index (χ3n) is 4.51. The third-order valence-corrected chi connectivity index (χ3v) is 4.51. The van der Waals surface area contributed by atoms with Gasteiger partial charge in [0.2, 0.25) is 5.91 Å². The van der Waals surface area contributed by atoms with E-state index in [-0.39, 0.29) is 11.8 Å². The van der Waals surface area contributed by atoms with Gasteiger partial charge < -0.3 is 9.84 Å². The van der Waals surface area contributed by atoms with Crippen LogP contribution in [0.1, 0.15) is 62.0 Å². The summed E-state index contributed by atoms with van der Waals surface area (Å²) in [6.07, 6.45) is 4.39. The predicted octanol–water partition coefficient (Wildman–Crippen LogP) is 2.99.